The molecule has 1 N–H and O–H groups in total. The van der Waals surface area contributed by atoms with Crippen molar-refractivity contribution in [1.29, 1.82) is 0 Å². The molecule has 31 heavy (non-hydrogen) atoms. The van der Waals surface area contributed by atoms with Gasteiger partial charge in [0.15, 0.2) is 0 Å². The number of hydrogen-bond acceptors (Lipinski definition) is 6. The van der Waals surface area contributed by atoms with Crippen molar-refractivity contribution in [2.24, 2.45) is 5.92 Å². The lowest BCUT2D eigenvalue weighted by atomic mass is 9.98. The van der Waals surface area contributed by atoms with Gasteiger partial charge in [0, 0.05) is 26.2 Å². The summed E-state index contributed by atoms with van der Waals surface area (Å²) in [5.74, 6) is -0.895. The van der Waals surface area contributed by atoms with Crippen LogP contribution in [0.4, 0.5) is 5.69 Å². The fourth-order valence-electron chi connectivity index (χ4n) is 3.86. The van der Waals surface area contributed by atoms with Crippen molar-refractivity contribution in [1.82, 2.24) is 9.21 Å². The summed E-state index contributed by atoms with van der Waals surface area (Å²) in [6.07, 6.45) is 1.21. The second kappa shape index (κ2) is 9.47. The molecular formula is C21H25N3O5S2. The maximum atomic E-state index is 13.0. The van der Waals surface area contributed by atoms with Gasteiger partial charge in [0.25, 0.3) is 15.9 Å². The van der Waals surface area contributed by atoms with Crippen LogP contribution in [0.5, 0.6) is 0 Å². The first kappa shape index (κ1) is 21.9. The third-order valence-electron chi connectivity index (χ3n) is 5.56. The molecule has 2 fully saturated rings. The molecule has 166 valence electrons. The third-order valence-corrected chi connectivity index (χ3v) is 8.80. The van der Waals surface area contributed by atoms with E-state index in [1.807, 2.05) is 0 Å². The molecule has 1 unspecified atom stereocenters. The molecule has 0 aliphatic carbocycles. The molecule has 4 rings (SSSR count). The first-order valence-corrected chi connectivity index (χ1v) is 12.6. The number of nitrogens with one attached hydrogen (secondary N) is 1. The van der Waals surface area contributed by atoms with Crippen LogP contribution in [-0.4, -0.2) is 68.8 Å². The number of benzene rings is 1. The largest absolute Gasteiger partial charge is 0.378 e. The molecule has 2 amide bonds. The summed E-state index contributed by atoms with van der Waals surface area (Å²) < 4.78 is 32.7. The highest BCUT2D eigenvalue weighted by Gasteiger charge is 2.34. The average Bonchev–Trinajstić information content (AvgIpc) is 3.36. The maximum absolute atomic E-state index is 13.0. The Morgan fingerprint density at radius 1 is 1.06 bits per heavy atom. The highest BCUT2D eigenvalue weighted by Crippen LogP contribution is 2.27. The van der Waals surface area contributed by atoms with Gasteiger partial charge >= 0.3 is 0 Å². The van der Waals surface area contributed by atoms with Crippen LogP contribution in [0.25, 0.3) is 0 Å². The standard InChI is InChI=1S/C21H25N3O5S2/c25-20(16-5-3-9-24(15-16)31(27,28)19-8-4-14-30-19)22-18-7-2-1-6-17(18)21(26)23-10-12-29-13-11-23/h1-2,4,6-8,14,16H,3,5,9-13,15H2,(H,22,25). The Hall–Kier alpha value is -2.27. The Bertz CT molecular complexity index is 1030. The Kier molecular flexibility index (Phi) is 6.71. The summed E-state index contributed by atoms with van der Waals surface area (Å²) in [7, 11) is -3.59. The van der Waals surface area contributed by atoms with Crippen LogP contribution in [-0.2, 0) is 19.6 Å². The molecule has 2 aliphatic heterocycles. The number of amides is 2. The van der Waals surface area contributed by atoms with E-state index in [1.54, 1.807) is 46.7 Å². The summed E-state index contributed by atoms with van der Waals surface area (Å²) in [4.78, 5) is 27.6. The topological polar surface area (TPSA) is 96.0 Å². The number of morpholine rings is 1. The van der Waals surface area contributed by atoms with Gasteiger partial charge in [-0.2, -0.15) is 4.31 Å². The smallest absolute Gasteiger partial charge is 0.256 e. The number of carbonyl (C=O) groups excluding carboxylic acids is 2. The van der Waals surface area contributed by atoms with Crippen LogP contribution < -0.4 is 5.32 Å². The predicted molar refractivity (Wildman–Crippen MR) is 118 cm³/mol. The van der Waals surface area contributed by atoms with Gasteiger partial charge in [-0.1, -0.05) is 18.2 Å². The van der Waals surface area contributed by atoms with Gasteiger partial charge in [0.1, 0.15) is 4.21 Å². The van der Waals surface area contributed by atoms with Gasteiger partial charge in [-0.25, -0.2) is 8.42 Å². The Labute approximate surface area is 185 Å². The minimum atomic E-state index is -3.59. The number of ether oxygens (including phenoxy) is 1. The van der Waals surface area contributed by atoms with Crippen LogP contribution in [0, 0.1) is 5.92 Å². The quantitative estimate of drug-likeness (QED) is 0.734. The molecule has 3 heterocycles. The van der Waals surface area contributed by atoms with E-state index >= 15 is 0 Å². The molecule has 1 aromatic carbocycles. The van der Waals surface area contributed by atoms with Gasteiger partial charge in [-0.05, 0) is 36.4 Å². The number of sulfonamides is 1. The fourth-order valence-corrected chi connectivity index (χ4v) is 6.53. The minimum Gasteiger partial charge on any atom is -0.378 e. The highest BCUT2D eigenvalue weighted by atomic mass is 32.2. The number of carbonyl (C=O) groups is 2. The van der Waals surface area contributed by atoms with E-state index in [0.29, 0.717) is 56.9 Å². The normalized spacial score (nSPS) is 20.4. The van der Waals surface area contributed by atoms with E-state index in [-0.39, 0.29) is 22.6 Å². The van der Waals surface area contributed by atoms with Gasteiger partial charge in [0.2, 0.25) is 5.91 Å². The second-order valence-electron chi connectivity index (χ2n) is 7.57. The summed E-state index contributed by atoms with van der Waals surface area (Å²) >= 11 is 1.17. The Morgan fingerprint density at radius 3 is 2.58 bits per heavy atom. The number of nitrogens with zero attached hydrogens (tertiary/aromatic N) is 2. The van der Waals surface area contributed by atoms with Crippen molar-refractivity contribution in [3.05, 3.63) is 47.3 Å². The van der Waals surface area contributed by atoms with Crippen LogP contribution in [0.3, 0.4) is 0 Å². The highest BCUT2D eigenvalue weighted by molar-refractivity contribution is 7.91. The molecule has 1 aromatic heterocycles. The maximum Gasteiger partial charge on any atom is 0.256 e. The molecule has 1 atom stereocenters. The lowest BCUT2D eigenvalue weighted by Crippen LogP contribution is -2.44. The van der Waals surface area contributed by atoms with Crippen LogP contribution in [0.15, 0.2) is 46.0 Å². The van der Waals surface area contributed by atoms with Crippen LogP contribution in [0.1, 0.15) is 23.2 Å². The number of hydrogen-bond donors (Lipinski definition) is 1. The number of thiophene rings is 1. The number of anilines is 1. The summed E-state index contributed by atoms with van der Waals surface area (Å²) in [5, 5.41) is 4.60. The predicted octanol–water partition coefficient (Wildman–Crippen LogP) is 2.26. The van der Waals surface area contributed by atoms with Crippen LogP contribution >= 0.6 is 11.3 Å². The lowest BCUT2D eigenvalue weighted by Gasteiger charge is -2.31. The van der Waals surface area contributed by atoms with Crippen LogP contribution in [0.2, 0.25) is 0 Å². The minimum absolute atomic E-state index is 0.131. The van der Waals surface area contributed by atoms with E-state index < -0.39 is 15.9 Å². The van der Waals surface area contributed by atoms with Crippen molar-refractivity contribution < 1.29 is 22.7 Å². The zero-order valence-corrected chi connectivity index (χ0v) is 18.7. The average molecular weight is 464 g/mol. The van der Waals surface area contributed by atoms with E-state index in [2.05, 4.69) is 5.32 Å². The van der Waals surface area contributed by atoms with Crippen molar-refractivity contribution in [2.45, 2.75) is 17.1 Å². The first-order chi connectivity index (χ1) is 15.0. The molecule has 2 aromatic rings. The summed E-state index contributed by atoms with van der Waals surface area (Å²) in [5.41, 5.74) is 0.874. The molecule has 2 saturated heterocycles. The molecular weight excluding hydrogens is 438 g/mol. The Balaban J connectivity index is 1.47. The third kappa shape index (κ3) is 4.82. The van der Waals surface area contributed by atoms with Gasteiger partial charge < -0.3 is 15.0 Å². The molecule has 8 nitrogen and oxygen atoms in total. The fraction of sp³-hybridized carbons (Fsp3) is 0.429. The molecule has 0 saturated carbocycles. The zero-order chi connectivity index (χ0) is 21.8. The first-order valence-electron chi connectivity index (χ1n) is 10.3. The van der Waals surface area contributed by atoms with E-state index in [9.17, 15) is 18.0 Å². The number of para-hydroxylation sites is 1. The molecule has 2 aliphatic rings. The number of rotatable bonds is 5. The van der Waals surface area contributed by atoms with Crippen molar-refractivity contribution in [2.75, 3.05) is 44.7 Å². The van der Waals surface area contributed by atoms with Crippen molar-refractivity contribution in [3.63, 3.8) is 0 Å². The Morgan fingerprint density at radius 2 is 1.84 bits per heavy atom. The molecule has 10 heteroatoms. The lowest BCUT2D eigenvalue weighted by molar-refractivity contribution is -0.120. The molecule has 0 bridgehead atoms. The van der Waals surface area contributed by atoms with Gasteiger partial charge in [-0.3, -0.25) is 9.59 Å². The van der Waals surface area contributed by atoms with E-state index in [4.69, 9.17) is 4.74 Å². The second-order valence-corrected chi connectivity index (χ2v) is 10.7. The molecule has 0 spiro atoms. The van der Waals surface area contributed by atoms with Crippen molar-refractivity contribution >= 4 is 38.9 Å². The SMILES string of the molecule is O=C(Nc1ccccc1C(=O)N1CCOCC1)C1CCCN(S(=O)(=O)c2cccs2)C1. The van der Waals surface area contributed by atoms with E-state index in [0.717, 1.165) is 0 Å². The molecule has 0 radical (unpaired) electrons. The van der Waals surface area contributed by atoms with Gasteiger partial charge in [-0.15, -0.1) is 11.3 Å². The zero-order valence-electron chi connectivity index (χ0n) is 17.0. The number of piperidine rings is 1. The summed E-state index contributed by atoms with van der Waals surface area (Å²) in [6.45, 7) is 2.55. The van der Waals surface area contributed by atoms with Gasteiger partial charge in [0.05, 0.1) is 30.4 Å². The monoisotopic (exact) mass is 463 g/mol. The summed E-state index contributed by atoms with van der Waals surface area (Å²) in [6, 6.07) is 10.2. The van der Waals surface area contributed by atoms with E-state index in [1.165, 1.54) is 15.6 Å². The van der Waals surface area contributed by atoms with Crippen molar-refractivity contribution in [3.8, 4) is 0 Å².